The summed E-state index contributed by atoms with van der Waals surface area (Å²) in [4.78, 5) is 21.4. The molecule has 1 aliphatic rings. The van der Waals surface area contributed by atoms with E-state index in [9.17, 15) is 13.6 Å². The fraction of sp³-hybridized carbons (Fsp3) is 0.364. The van der Waals surface area contributed by atoms with Crippen LogP contribution in [0.2, 0.25) is 0 Å². The number of halogens is 2. The Morgan fingerprint density at radius 2 is 1.87 bits per heavy atom. The van der Waals surface area contributed by atoms with Crippen LogP contribution >= 0.6 is 11.8 Å². The first-order valence-corrected chi connectivity index (χ1v) is 11.0. The SMILES string of the molecule is COc1ccc(N2CCCN(C(=O)Cn3c(SC(F)F)nc4ccccc43)CC2)cc1. The molecular formula is C22H24F2N4O2S. The van der Waals surface area contributed by atoms with Gasteiger partial charge in [-0.25, -0.2) is 4.98 Å². The molecule has 164 valence electrons. The molecule has 0 unspecified atom stereocenters. The summed E-state index contributed by atoms with van der Waals surface area (Å²) in [6.07, 6.45) is 0.834. The van der Waals surface area contributed by atoms with Gasteiger partial charge in [-0.05, 0) is 54.6 Å². The molecule has 3 aromatic rings. The Hall–Kier alpha value is -2.81. The lowest BCUT2D eigenvalue weighted by Gasteiger charge is -2.24. The van der Waals surface area contributed by atoms with Gasteiger partial charge in [0, 0.05) is 31.9 Å². The van der Waals surface area contributed by atoms with Crippen molar-refractivity contribution in [2.24, 2.45) is 0 Å². The maximum atomic E-state index is 13.1. The minimum Gasteiger partial charge on any atom is -0.497 e. The van der Waals surface area contributed by atoms with Crippen LogP contribution in [-0.4, -0.2) is 59.4 Å². The molecule has 0 atom stereocenters. The van der Waals surface area contributed by atoms with E-state index in [1.54, 1.807) is 29.9 Å². The number of fused-ring (bicyclic) bond motifs is 1. The van der Waals surface area contributed by atoms with Crippen molar-refractivity contribution in [3.63, 3.8) is 0 Å². The lowest BCUT2D eigenvalue weighted by Crippen LogP contribution is -2.37. The summed E-state index contributed by atoms with van der Waals surface area (Å²) < 4.78 is 32.9. The van der Waals surface area contributed by atoms with Gasteiger partial charge in [0.05, 0.1) is 18.1 Å². The molecular weight excluding hydrogens is 422 g/mol. The normalized spacial score (nSPS) is 14.8. The van der Waals surface area contributed by atoms with Crippen LogP contribution in [0, 0.1) is 0 Å². The van der Waals surface area contributed by atoms with Gasteiger partial charge in [-0.3, -0.25) is 4.79 Å². The van der Waals surface area contributed by atoms with Crippen LogP contribution in [0.3, 0.4) is 0 Å². The van der Waals surface area contributed by atoms with Crippen LogP contribution in [0.25, 0.3) is 11.0 Å². The molecule has 0 bridgehead atoms. The number of rotatable bonds is 6. The number of amides is 1. The van der Waals surface area contributed by atoms with E-state index in [0.29, 0.717) is 42.4 Å². The average molecular weight is 447 g/mol. The van der Waals surface area contributed by atoms with Crippen LogP contribution in [-0.2, 0) is 11.3 Å². The minimum absolute atomic E-state index is 0.00188. The molecule has 0 spiro atoms. The van der Waals surface area contributed by atoms with Crippen molar-refractivity contribution in [1.82, 2.24) is 14.5 Å². The number of imidazole rings is 1. The first-order chi connectivity index (χ1) is 15.0. The smallest absolute Gasteiger partial charge is 0.291 e. The van der Waals surface area contributed by atoms with E-state index in [1.165, 1.54) is 0 Å². The Balaban J connectivity index is 1.46. The van der Waals surface area contributed by atoms with Gasteiger partial charge in [0.25, 0.3) is 5.76 Å². The highest BCUT2D eigenvalue weighted by molar-refractivity contribution is 7.99. The zero-order valence-corrected chi connectivity index (χ0v) is 18.0. The summed E-state index contributed by atoms with van der Waals surface area (Å²) in [6, 6.07) is 15.1. The highest BCUT2D eigenvalue weighted by Gasteiger charge is 2.23. The largest absolute Gasteiger partial charge is 0.497 e. The number of benzene rings is 2. The standard InChI is InChI=1S/C22H24F2N4O2S/c1-30-17-9-7-16(8-10-17)26-11-4-12-27(14-13-26)20(29)15-28-19-6-3-2-5-18(19)25-22(28)31-21(23)24/h2-3,5-10,21H,4,11-15H2,1H3. The summed E-state index contributed by atoms with van der Waals surface area (Å²) in [5, 5.41) is 0.166. The molecule has 0 aliphatic carbocycles. The number of nitrogens with zero attached hydrogens (tertiary/aromatic N) is 4. The summed E-state index contributed by atoms with van der Waals surface area (Å²) in [6.45, 7) is 2.76. The molecule has 9 heteroatoms. The monoisotopic (exact) mass is 446 g/mol. The number of hydrogen-bond acceptors (Lipinski definition) is 5. The second kappa shape index (κ2) is 9.55. The Morgan fingerprint density at radius 1 is 1.10 bits per heavy atom. The topological polar surface area (TPSA) is 50.6 Å². The van der Waals surface area contributed by atoms with Gasteiger partial charge < -0.3 is 19.1 Å². The van der Waals surface area contributed by atoms with Crippen LogP contribution < -0.4 is 9.64 Å². The number of carbonyl (C=O) groups excluding carboxylic acids is 1. The number of methoxy groups -OCH3 is 1. The molecule has 31 heavy (non-hydrogen) atoms. The van der Waals surface area contributed by atoms with Gasteiger partial charge in [0.2, 0.25) is 5.91 Å². The molecule has 0 radical (unpaired) electrons. The van der Waals surface area contributed by atoms with Crippen molar-refractivity contribution < 1.29 is 18.3 Å². The van der Waals surface area contributed by atoms with Crippen LogP contribution in [0.5, 0.6) is 5.75 Å². The highest BCUT2D eigenvalue weighted by Crippen LogP contribution is 2.29. The number of para-hydroxylation sites is 2. The van der Waals surface area contributed by atoms with E-state index in [-0.39, 0.29) is 17.6 Å². The number of aromatic nitrogens is 2. The van der Waals surface area contributed by atoms with Crippen molar-refractivity contribution in [3.05, 3.63) is 48.5 Å². The van der Waals surface area contributed by atoms with E-state index < -0.39 is 5.76 Å². The van der Waals surface area contributed by atoms with Crippen molar-refractivity contribution in [1.29, 1.82) is 0 Å². The van der Waals surface area contributed by atoms with Gasteiger partial charge in [-0.2, -0.15) is 8.78 Å². The van der Waals surface area contributed by atoms with Gasteiger partial charge >= 0.3 is 0 Å². The Morgan fingerprint density at radius 3 is 2.61 bits per heavy atom. The summed E-state index contributed by atoms with van der Waals surface area (Å²) >= 11 is 0.373. The number of anilines is 1. The van der Waals surface area contributed by atoms with Crippen molar-refractivity contribution >= 4 is 34.4 Å². The number of hydrogen-bond donors (Lipinski definition) is 0. The fourth-order valence-corrected chi connectivity index (χ4v) is 4.43. The third kappa shape index (κ3) is 4.92. The highest BCUT2D eigenvalue weighted by atomic mass is 32.2. The molecule has 1 aromatic heterocycles. The summed E-state index contributed by atoms with van der Waals surface area (Å²) in [5.74, 6) is -1.88. The fourth-order valence-electron chi connectivity index (χ4n) is 3.83. The minimum atomic E-state index is -2.60. The molecule has 1 aliphatic heterocycles. The summed E-state index contributed by atoms with van der Waals surface area (Å²) in [7, 11) is 1.64. The van der Waals surface area contributed by atoms with Gasteiger partial charge in [-0.1, -0.05) is 12.1 Å². The van der Waals surface area contributed by atoms with E-state index in [0.717, 1.165) is 24.4 Å². The Bertz CT molecular complexity index is 1040. The third-order valence-electron chi connectivity index (χ3n) is 5.39. The van der Waals surface area contributed by atoms with Crippen molar-refractivity contribution in [2.45, 2.75) is 23.9 Å². The number of alkyl halides is 2. The van der Waals surface area contributed by atoms with E-state index in [1.807, 2.05) is 35.2 Å². The number of carbonyl (C=O) groups is 1. The molecule has 4 rings (SSSR count). The maximum Gasteiger partial charge on any atom is 0.291 e. The number of ether oxygens (including phenoxy) is 1. The van der Waals surface area contributed by atoms with Crippen LogP contribution in [0.4, 0.5) is 14.5 Å². The predicted molar refractivity (Wildman–Crippen MR) is 118 cm³/mol. The zero-order valence-electron chi connectivity index (χ0n) is 17.2. The van der Waals surface area contributed by atoms with Gasteiger partial charge in [-0.15, -0.1) is 0 Å². The van der Waals surface area contributed by atoms with Crippen molar-refractivity contribution in [3.8, 4) is 5.75 Å². The molecule has 6 nitrogen and oxygen atoms in total. The van der Waals surface area contributed by atoms with Crippen LogP contribution in [0.1, 0.15) is 6.42 Å². The molecule has 2 heterocycles. The molecule has 1 saturated heterocycles. The second-order valence-electron chi connectivity index (χ2n) is 7.27. The quantitative estimate of drug-likeness (QED) is 0.534. The van der Waals surface area contributed by atoms with Crippen LogP contribution in [0.15, 0.2) is 53.7 Å². The van der Waals surface area contributed by atoms with E-state index >= 15 is 0 Å². The van der Waals surface area contributed by atoms with E-state index in [2.05, 4.69) is 9.88 Å². The Labute approximate surface area is 183 Å². The predicted octanol–water partition coefficient (Wildman–Crippen LogP) is 4.10. The molecule has 1 amide bonds. The molecule has 1 fully saturated rings. The second-order valence-corrected chi connectivity index (χ2v) is 8.22. The first kappa shape index (κ1) is 21.4. The lowest BCUT2D eigenvalue weighted by molar-refractivity contribution is -0.131. The summed E-state index contributed by atoms with van der Waals surface area (Å²) in [5.41, 5.74) is 2.39. The Kier molecular flexibility index (Phi) is 6.60. The first-order valence-electron chi connectivity index (χ1n) is 10.1. The average Bonchev–Trinajstić information content (AvgIpc) is 2.94. The lowest BCUT2D eigenvalue weighted by atomic mass is 10.2. The zero-order chi connectivity index (χ0) is 21.8. The number of thioether (sulfide) groups is 1. The maximum absolute atomic E-state index is 13.1. The van der Waals surface area contributed by atoms with Crippen molar-refractivity contribution in [2.75, 3.05) is 38.2 Å². The third-order valence-corrected chi connectivity index (χ3v) is 6.09. The van der Waals surface area contributed by atoms with Gasteiger partial charge in [0.15, 0.2) is 5.16 Å². The molecule has 0 saturated carbocycles. The molecule has 2 aromatic carbocycles. The van der Waals surface area contributed by atoms with E-state index in [4.69, 9.17) is 4.74 Å². The van der Waals surface area contributed by atoms with Gasteiger partial charge in [0.1, 0.15) is 12.3 Å². The molecule has 0 N–H and O–H groups in total.